The lowest BCUT2D eigenvalue weighted by molar-refractivity contribution is -0.137. The Hall–Kier alpha value is -2.75. The van der Waals surface area contributed by atoms with Crippen molar-refractivity contribution in [2.75, 3.05) is 0 Å². The molecule has 0 aliphatic rings. The molecule has 0 aliphatic heterocycles. The first-order chi connectivity index (χ1) is 21.2. The first kappa shape index (κ1) is 45.2. The van der Waals surface area contributed by atoms with E-state index >= 15 is 0 Å². The van der Waals surface area contributed by atoms with Crippen molar-refractivity contribution in [3.8, 4) is 0 Å². The number of benzene rings is 4. The van der Waals surface area contributed by atoms with E-state index in [1.807, 2.05) is 45.9 Å². The highest BCUT2D eigenvalue weighted by Crippen LogP contribution is 2.32. The highest BCUT2D eigenvalue weighted by atomic mass is 35.5. The van der Waals surface area contributed by atoms with E-state index in [0.717, 1.165) is 21.7 Å². The smallest absolute Gasteiger partial charge is 0.166 e. The van der Waals surface area contributed by atoms with Gasteiger partial charge in [-0.1, -0.05) is 187 Å². The van der Waals surface area contributed by atoms with Crippen LogP contribution in [0.15, 0.2) is 97.1 Å². The third-order valence-electron chi connectivity index (χ3n) is 7.43. The van der Waals surface area contributed by atoms with Crippen LogP contribution in [0.1, 0.15) is 124 Å². The van der Waals surface area contributed by atoms with Crippen molar-refractivity contribution in [3.05, 3.63) is 140 Å². The van der Waals surface area contributed by atoms with Crippen LogP contribution in [0.2, 0.25) is 10.0 Å². The molecular weight excluding hydrogens is 644 g/mol. The molecule has 0 bridgehead atoms. The second-order valence-corrected chi connectivity index (χ2v) is 16.8. The van der Waals surface area contributed by atoms with Gasteiger partial charge in [-0.15, -0.1) is 0 Å². The summed E-state index contributed by atoms with van der Waals surface area (Å²) in [7, 11) is 0. The second kappa shape index (κ2) is 18.3. The SMILES string of the molecule is C.CC(C)(C)c1ccc(Cl)cc1.CC(C)(C)c1cccc(C(F)(F)F)c1.CC(C)(C)c1ccccc1.Cc1cc(C(C)(C)C)ccc1Cl. The lowest BCUT2D eigenvalue weighted by atomic mass is 9.86. The third kappa shape index (κ3) is 16.6. The molecule has 48 heavy (non-hydrogen) atoms. The summed E-state index contributed by atoms with van der Waals surface area (Å²) in [4.78, 5) is 0. The Bertz CT molecular complexity index is 1460. The van der Waals surface area contributed by atoms with E-state index in [9.17, 15) is 13.2 Å². The molecule has 0 saturated heterocycles. The number of halogens is 5. The fraction of sp³-hybridized carbons (Fsp3) is 0.442. The minimum Gasteiger partial charge on any atom is -0.166 e. The lowest BCUT2D eigenvalue weighted by Crippen LogP contribution is -2.13. The Morgan fingerprint density at radius 1 is 0.417 bits per heavy atom. The van der Waals surface area contributed by atoms with Crippen molar-refractivity contribution in [2.24, 2.45) is 0 Å². The zero-order chi connectivity index (χ0) is 36.4. The average Bonchev–Trinajstić information content (AvgIpc) is 2.94. The van der Waals surface area contributed by atoms with E-state index in [-0.39, 0.29) is 23.7 Å². The van der Waals surface area contributed by atoms with Crippen molar-refractivity contribution in [1.29, 1.82) is 0 Å². The number of alkyl halides is 3. The van der Waals surface area contributed by atoms with Gasteiger partial charge in [-0.2, -0.15) is 13.2 Å². The van der Waals surface area contributed by atoms with Crippen LogP contribution in [-0.2, 0) is 27.8 Å². The van der Waals surface area contributed by atoms with Gasteiger partial charge in [0.25, 0.3) is 0 Å². The summed E-state index contributed by atoms with van der Waals surface area (Å²) in [6.45, 7) is 27.6. The van der Waals surface area contributed by atoms with E-state index in [1.165, 1.54) is 28.8 Å². The van der Waals surface area contributed by atoms with Gasteiger partial charge in [-0.05, 0) is 80.7 Å². The molecule has 266 valence electrons. The molecule has 0 heterocycles. The van der Waals surface area contributed by atoms with E-state index in [1.54, 1.807) is 6.07 Å². The third-order valence-corrected chi connectivity index (χ3v) is 8.11. The van der Waals surface area contributed by atoms with Crippen molar-refractivity contribution in [2.45, 2.75) is 125 Å². The van der Waals surface area contributed by atoms with Gasteiger partial charge in [0.1, 0.15) is 0 Å². The molecule has 0 aliphatic carbocycles. The lowest BCUT2D eigenvalue weighted by Gasteiger charge is -2.20. The van der Waals surface area contributed by atoms with Crippen LogP contribution in [0.25, 0.3) is 0 Å². The zero-order valence-electron chi connectivity index (χ0n) is 30.6. The van der Waals surface area contributed by atoms with Crippen LogP contribution in [0.4, 0.5) is 13.2 Å². The topological polar surface area (TPSA) is 0 Å². The molecule has 4 aromatic rings. The summed E-state index contributed by atoms with van der Waals surface area (Å²) in [5.41, 5.74) is 5.82. The number of aryl methyl sites for hydroxylation is 1. The van der Waals surface area contributed by atoms with Gasteiger partial charge in [-0.3, -0.25) is 0 Å². The zero-order valence-corrected chi connectivity index (χ0v) is 32.1. The standard InChI is InChI=1S/C11H15Cl.C11H13F3.C10H13Cl.C10H14.CH4/c1-8-7-9(11(2,3)4)5-6-10(8)12;1-10(2,3)8-5-4-6-9(7-8)11(12,13)14;1-10(2,3)8-4-6-9(11)7-5-8;1-10(2,3)9-7-5-4-6-8-9;/h5-7H,1-4H3;4-7H,1-3H3;4-7H,1-3H3;4-8H,1-3H3;1H4. The molecule has 4 rings (SSSR count). The Labute approximate surface area is 301 Å². The number of rotatable bonds is 0. The Morgan fingerprint density at radius 2 is 0.771 bits per heavy atom. The van der Waals surface area contributed by atoms with Crippen molar-refractivity contribution >= 4 is 23.2 Å². The van der Waals surface area contributed by atoms with Gasteiger partial charge in [0.05, 0.1) is 5.56 Å². The number of hydrogen-bond acceptors (Lipinski definition) is 0. The summed E-state index contributed by atoms with van der Waals surface area (Å²) in [5, 5.41) is 1.65. The molecule has 0 amide bonds. The average molecular weight is 704 g/mol. The van der Waals surface area contributed by atoms with Gasteiger partial charge in [-0.25, -0.2) is 0 Å². The van der Waals surface area contributed by atoms with Crippen LogP contribution >= 0.6 is 23.2 Å². The summed E-state index contributed by atoms with van der Waals surface area (Å²) in [6.07, 6.45) is -4.25. The summed E-state index contributed by atoms with van der Waals surface area (Å²) < 4.78 is 37.1. The van der Waals surface area contributed by atoms with Crippen LogP contribution in [0.5, 0.6) is 0 Å². The molecule has 0 aromatic heterocycles. The maximum absolute atomic E-state index is 12.4. The molecule has 0 unspecified atom stereocenters. The summed E-state index contributed by atoms with van der Waals surface area (Å²) >= 11 is 11.7. The van der Waals surface area contributed by atoms with Gasteiger partial charge in [0, 0.05) is 10.0 Å². The van der Waals surface area contributed by atoms with Crippen molar-refractivity contribution in [1.82, 2.24) is 0 Å². The van der Waals surface area contributed by atoms with E-state index in [0.29, 0.717) is 11.0 Å². The van der Waals surface area contributed by atoms with Gasteiger partial charge in [0.2, 0.25) is 0 Å². The predicted molar refractivity (Wildman–Crippen MR) is 207 cm³/mol. The van der Waals surface area contributed by atoms with E-state index < -0.39 is 11.7 Å². The minimum atomic E-state index is -4.25. The van der Waals surface area contributed by atoms with Gasteiger partial charge < -0.3 is 0 Å². The molecular formula is C43H59Cl2F3. The van der Waals surface area contributed by atoms with Crippen molar-refractivity contribution in [3.63, 3.8) is 0 Å². The summed E-state index contributed by atoms with van der Waals surface area (Å²) in [6, 6.07) is 30.2. The first-order valence-electron chi connectivity index (χ1n) is 16.0. The van der Waals surface area contributed by atoms with Crippen molar-refractivity contribution < 1.29 is 13.2 Å². The number of hydrogen-bond donors (Lipinski definition) is 0. The maximum Gasteiger partial charge on any atom is 0.416 e. The molecule has 0 fully saturated rings. The van der Waals surface area contributed by atoms with E-state index in [2.05, 4.69) is 117 Å². The highest BCUT2D eigenvalue weighted by Gasteiger charge is 2.31. The van der Waals surface area contributed by atoms with Gasteiger partial charge in [0.15, 0.2) is 0 Å². The Balaban J connectivity index is 0.000000614. The molecule has 5 heteroatoms. The largest absolute Gasteiger partial charge is 0.416 e. The quantitative estimate of drug-likeness (QED) is 0.171. The fourth-order valence-electron chi connectivity index (χ4n) is 4.16. The molecule has 0 N–H and O–H groups in total. The Morgan fingerprint density at radius 3 is 1.15 bits per heavy atom. The van der Waals surface area contributed by atoms with Crippen LogP contribution in [0, 0.1) is 6.92 Å². The molecule has 0 radical (unpaired) electrons. The first-order valence-corrected chi connectivity index (χ1v) is 16.7. The Kier molecular flexibility index (Phi) is 17.3. The maximum atomic E-state index is 12.4. The monoisotopic (exact) mass is 702 g/mol. The van der Waals surface area contributed by atoms with Crippen LogP contribution in [0.3, 0.4) is 0 Å². The summed E-state index contributed by atoms with van der Waals surface area (Å²) in [5.74, 6) is 0. The molecule has 0 spiro atoms. The molecule has 0 atom stereocenters. The van der Waals surface area contributed by atoms with Gasteiger partial charge >= 0.3 is 6.18 Å². The molecule has 0 nitrogen and oxygen atoms in total. The molecule has 4 aromatic carbocycles. The highest BCUT2D eigenvalue weighted by molar-refractivity contribution is 6.31. The fourth-order valence-corrected chi connectivity index (χ4v) is 4.40. The second-order valence-electron chi connectivity index (χ2n) is 15.9. The minimum absolute atomic E-state index is 0. The van der Waals surface area contributed by atoms with Crippen LogP contribution in [-0.4, -0.2) is 0 Å². The predicted octanol–water partition coefficient (Wildman–Crippen LogP) is 15.2. The normalized spacial score (nSPS) is 11.8. The van der Waals surface area contributed by atoms with Crippen LogP contribution < -0.4 is 0 Å². The van der Waals surface area contributed by atoms with E-state index in [4.69, 9.17) is 23.2 Å². The molecule has 0 saturated carbocycles.